The molecule has 0 unspecified atom stereocenters. The van der Waals surface area contributed by atoms with Gasteiger partial charge in [0, 0.05) is 26.8 Å². The Hall–Kier alpha value is -0.810. The van der Waals surface area contributed by atoms with Gasteiger partial charge in [-0.25, -0.2) is 4.79 Å². The fourth-order valence-electron chi connectivity index (χ4n) is 1.42. The molecule has 18 heavy (non-hydrogen) atoms. The van der Waals surface area contributed by atoms with Gasteiger partial charge in [-0.05, 0) is 40.5 Å². The first kappa shape index (κ1) is 15.2. The van der Waals surface area contributed by atoms with Crippen LogP contribution in [0.2, 0.25) is 0 Å². The Morgan fingerprint density at radius 2 is 2.17 bits per heavy atom. The fraction of sp³-hybridized carbons (Fsp3) is 0.308. The van der Waals surface area contributed by atoms with E-state index in [9.17, 15) is 4.79 Å². The highest BCUT2D eigenvalue weighted by molar-refractivity contribution is 9.11. The molecule has 0 fully saturated rings. The van der Waals surface area contributed by atoms with Crippen LogP contribution in [-0.4, -0.2) is 19.6 Å². The highest BCUT2D eigenvalue weighted by atomic mass is 79.9. The fourth-order valence-corrected chi connectivity index (χ4v) is 2.61. The predicted molar refractivity (Wildman–Crippen MR) is 80.7 cm³/mol. The summed E-state index contributed by atoms with van der Waals surface area (Å²) < 4.78 is 6.68. The third kappa shape index (κ3) is 4.46. The lowest BCUT2D eigenvalue weighted by atomic mass is 10.2. The topological polar surface area (TPSA) is 38.3 Å². The molecule has 0 amide bonds. The molecule has 1 rings (SSSR count). The van der Waals surface area contributed by atoms with E-state index < -0.39 is 0 Å². The molecule has 1 aromatic rings. The minimum atomic E-state index is -0.269. The maximum atomic E-state index is 11.4. The molecule has 1 aromatic carbocycles. The van der Waals surface area contributed by atoms with Crippen LogP contribution in [0, 0.1) is 0 Å². The second-order valence-corrected chi connectivity index (χ2v) is 5.35. The average molecular weight is 377 g/mol. The highest BCUT2D eigenvalue weighted by Crippen LogP contribution is 2.25. The lowest BCUT2D eigenvalue weighted by molar-refractivity contribution is -0.136. The van der Waals surface area contributed by atoms with Gasteiger partial charge in [0.05, 0.1) is 7.11 Å². The van der Waals surface area contributed by atoms with E-state index in [0.29, 0.717) is 18.5 Å². The quantitative estimate of drug-likeness (QED) is 0.620. The Morgan fingerprint density at radius 1 is 1.44 bits per heavy atom. The van der Waals surface area contributed by atoms with Crippen molar-refractivity contribution in [2.24, 2.45) is 0 Å². The van der Waals surface area contributed by atoms with E-state index in [1.54, 1.807) is 0 Å². The number of ether oxygens (including phenoxy) is 1. The SMILES string of the molecule is CC/C(=C/CNc1ccc(Br)cc1Br)C(=O)OC. The first-order chi connectivity index (χ1) is 8.58. The maximum absolute atomic E-state index is 11.4. The van der Waals surface area contributed by atoms with Crippen LogP contribution < -0.4 is 5.32 Å². The number of rotatable bonds is 5. The van der Waals surface area contributed by atoms with Crippen molar-refractivity contribution in [3.05, 3.63) is 38.8 Å². The van der Waals surface area contributed by atoms with Crippen molar-refractivity contribution in [1.82, 2.24) is 0 Å². The van der Waals surface area contributed by atoms with E-state index >= 15 is 0 Å². The van der Waals surface area contributed by atoms with Crippen LogP contribution in [0.15, 0.2) is 38.8 Å². The normalized spacial score (nSPS) is 11.2. The van der Waals surface area contributed by atoms with Crippen LogP contribution in [0.25, 0.3) is 0 Å². The van der Waals surface area contributed by atoms with Crippen LogP contribution >= 0.6 is 31.9 Å². The Balaban J connectivity index is 2.65. The largest absolute Gasteiger partial charge is 0.466 e. The molecule has 0 radical (unpaired) electrons. The molecule has 98 valence electrons. The van der Waals surface area contributed by atoms with Crippen LogP contribution in [0.3, 0.4) is 0 Å². The van der Waals surface area contributed by atoms with E-state index in [4.69, 9.17) is 4.74 Å². The summed E-state index contributed by atoms with van der Waals surface area (Å²) in [5.41, 5.74) is 1.66. The van der Waals surface area contributed by atoms with Crippen LogP contribution in [-0.2, 0) is 9.53 Å². The molecule has 1 N–H and O–H groups in total. The summed E-state index contributed by atoms with van der Waals surface area (Å²) in [7, 11) is 1.39. The number of hydrogen-bond acceptors (Lipinski definition) is 3. The van der Waals surface area contributed by atoms with E-state index in [0.717, 1.165) is 14.6 Å². The average Bonchev–Trinajstić information content (AvgIpc) is 2.36. The van der Waals surface area contributed by atoms with Crippen molar-refractivity contribution in [3.63, 3.8) is 0 Å². The molecular formula is C13H15Br2NO2. The second-order valence-electron chi connectivity index (χ2n) is 3.58. The molecule has 0 bridgehead atoms. The minimum absolute atomic E-state index is 0.269. The first-order valence-corrected chi connectivity index (χ1v) is 7.13. The number of nitrogens with one attached hydrogen (secondary N) is 1. The molecule has 3 nitrogen and oxygen atoms in total. The molecule has 0 heterocycles. The summed E-state index contributed by atoms with van der Waals surface area (Å²) in [5, 5.41) is 3.23. The van der Waals surface area contributed by atoms with Gasteiger partial charge < -0.3 is 10.1 Å². The lowest BCUT2D eigenvalue weighted by Crippen LogP contribution is -2.07. The number of hydrogen-bond donors (Lipinski definition) is 1. The Morgan fingerprint density at radius 3 is 2.72 bits per heavy atom. The summed E-state index contributed by atoms with van der Waals surface area (Å²) in [4.78, 5) is 11.4. The van der Waals surface area contributed by atoms with E-state index in [-0.39, 0.29) is 5.97 Å². The summed E-state index contributed by atoms with van der Waals surface area (Å²) in [6, 6.07) is 5.89. The van der Waals surface area contributed by atoms with E-state index in [1.807, 2.05) is 31.2 Å². The highest BCUT2D eigenvalue weighted by Gasteiger charge is 2.06. The van der Waals surface area contributed by atoms with Crippen molar-refractivity contribution in [2.45, 2.75) is 13.3 Å². The van der Waals surface area contributed by atoms with Gasteiger partial charge in [0.1, 0.15) is 0 Å². The molecule has 0 saturated carbocycles. The van der Waals surface area contributed by atoms with Gasteiger partial charge in [0.25, 0.3) is 0 Å². The third-order valence-corrected chi connectivity index (χ3v) is 3.55. The molecule has 0 aliphatic rings. The lowest BCUT2D eigenvalue weighted by Gasteiger charge is -2.08. The number of benzene rings is 1. The van der Waals surface area contributed by atoms with Crippen molar-refractivity contribution < 1.29 is 9.53 Å². The van der Waals surface area contributed by atoms with E-state index in [2.05, 4.69) is 37.2 Å². The monoisotopic (exact) mass is 375 g/mol. The Labute approximate surface area is 124 Å². The van der Waals surface area contributed by atoms with Crippen LogP contribution in [0.5, 0.6) is 0 Å². The van der Waals surface area contributed by atoms with E-state index in [1.165, 1.54) is 7.11 Å². The summed E-state index contributed by atoms with van der Waals surface area (Å²) in [6.07, 6.45) is 2.51. The number of halogens is 2. The minimum Gasteiger partial charge on any atom is -0.466 e. The van der Waals surface area contributed by atoms with Gasteiger partial charge >= 0.3 is 5.97 Å². The van der Waals surface area contributed by atoms with Gasteiger partial charge in [0.2, 0.25) is 0 Å². The Bertz CT molecular complexity index is 458. The predicted octanol–water partition coefficient (Wildman–Crippen LogP) is 4.13. The van der Waals surface area contributed by atoms with Crippen LogP contribution in [0.4, 0.5) is 5.69 Å². The maximum Gasteiger partial charge on any atom is 0.333 e. The van der Waals surface area contributed by atoms with Crippen molar-refractivity contribution in [1.29, 1.82) is 0 Å². The molecule has 0 atom stereocenters. The molecular weight excluding hydrogens is 362 g/mol. The van der Waals surface area contributed by atoms with Crippen molar-refractivity contribution in [3.8, 4) is 0 Å². The number of anilines is 1. The number of methoxy groups -OCH3 is 1. The van der Waals surface area contributed by atoms with Gasteiger partial charge in [-0.2, -0.15) is 0 Å². The molecule has 5 heteroatoms. The molecule has 0 saturated heterocycles. The Kier molecular flexibility index (Phi) is 6.43. The molecule has 0 aliphatic heterocycles. The van der Waals surface area contributed by atoms with Crippen molar-refractivity contribution >= 4 is 43.5 Å². The number of carbonyl (C=O) groups is 1. The molecule has 0 aromatic heterocycles. The second kappa shape index (κ2) is 7.59. The van der Waals surface area contributed by atoms with Gasteiger partial charge in [0.15, 0.2) is 0 Å². The first-order valence-electron chi connectivity index (χ1n) is 5.54. The standard InChI is InChI=1S/C13H15Br2NO2/c1-3-9(13(17)18-2)6-7-16-12-5-4-10(14)8-11(12)15/h4-6,8,16H,3,7H2,1-2H3/b9-6-. The third-order valence-electron chi connectivity index (χ3n) is 2.40. The zero-order valence-electron chi connectivity index (χ0n) is 10.3. The smallest absolute Gasteiger partial charge is 0.333 e. The van der Waals surface area contributed by atoms with Crippen molar-refractivity contribution in [2.75, 3.05) is 19.0 Å². The summed E-state index contributed by atoms with van der Waals surface area (Å²) in [6.45, 7) is 2.51. The molecule has 0 spiro atoms. The molecule has 0 aliphatic carbocycles. The zero-order valence-corrected chi connectivity index (χ0v) is 13.5. The number of carbonyl (C=O) groups excluding carboxylic acids is 1. The van der Waals surface area contributed by atoms with Gasteiger partial charge in [-0.1, -0.05) is 28.9 Å². The van der Waals surface area contributed by atoms with Crippen LogP contribution in [0.1, 0.15) is 13.3 Å². The summed E-state index contributed by atoms with van der Waals surface area (Å²) in [5.74, 6) is -0.269. The zero-order chi connectivity index (χ0) is 13.5. The number of esters is 1. The summed E-state index contributed by atoms with van der Waals surface area (Å²) >= 11 is 6.87. The van der Waals surface area contributed by atoms with Gasteiger partial charge in [-0.3, -0.25) is 0 Å². The van der Waals surface area contributed by atoms with Gasteiger partial charge in [-0.15, -0.1) is 0 Å².